The highest BCUT2D eigenvalue weighted by Crippen LogP contribution is 2.17. The Balaban J connectivity index is 2.08. The second-order valence-corrected chi connectivity index (χ2v) is 4.60. The van der Waals surface area contributed by atoms with Crippen LogP contribution in [0.15, 0.2) is 24.5 Å². The molecule has 0 radical (unpaired) electrons. The number of anilines is 1. The van der Waals surface area contributed by atoms with E-state index in [1.54, 1.807) is 18.1 Å². The molecule has 106 valence electrons. The van der Waals surface area contributed by atoms with E-state index in [0.29, 0.717) is 17.9 Å². The van der Waals surface area contributed by atoms with Crippen molar-refractivity contribution in [3.05, 3.63) is 41.5 Å². The van der Waals surface area contributed by atoms with Crippen molar-refractivity contribution >= 4 is 11.6 Å². The van der Waals surface area contributed by atoms with Crippen molar-refractivity contribution in [2.45, 2.75) is 20.4 Å². The Morgan fingerprint density at radius 2 is 2.20 bits per heavy atom. The van der Waals surface area contributed by atoms with E-state index in [4.69, 9.17) is 0 Å². The van der Waals surface area contributed by atoms with E-state index in [2.05, 4.69) is 20.7 Å². The number of rotatable bonds is 5. The summed E-state index contributed by atoms with van der Waals surface area (Å²) < 4.78 is 1.61. The van der Waals surface area contributed by atoms with Crippen LogP contribution in [0.4, 0.5) is 5.69 Å². The van der Waals surface area contributed by atoms with Crippen LogP contribution >= 0.6 is 0 Å². The molecule has 1 aromatic carbocycles. The number of benzene rings is 1. The molecule has 0 saturated carbocycles. The Bertz CT molecular complexity index is 605. The van der Waals surface area contributed by atoms with E-state index >= 15 is 0 Å². The molecule has 0 saturated heterocycles. The summed E-state index contributed by atoms with van der Waals surface area (Å²) in [5.41, 5.74) is 2.59. The van der Waals surface area contributed by atoms with Crippen molar-refractivity contribution in [3.63, 3.8) is 0 Å². The Labute approximate surface area is 118 Å². The smallest absolute Gasteiger partial charge is 0.253 e. The van der Waals surface area contributed by atoms with Gasteiger partial charge in [-0.2, -0.15) is 5.10 Å². The summed E-state index contributed by atoms with van der Waals surface area (Å²) in [6, 6.07) is 5.72. The van der Waals surface area contributed by atoms with Crippen LogP contribution in [0.3, 0.4) is 0 Å². The highest BCUT2D eigenvalue weighted by molar-refractivity contribution is 5.99. The van der Waals surface area contributed by atoms with Crippen LogP contribution in [-0.4, -0.2) is 27.2 Å². The summed E-state index contributed by atoms with van der Waals surface area (Å²) in [6.45, 7) is 5.09. The number of nitrogens with zero attached hydrogens (tertiary/aromatic N) is 3. The van der Waals surface area contributed by atoms with Crippen molar-refractivity contribution < 1.29 is 4.79 Å². The van der Waals surface area contributed by atoms with Gasteiger partial charge in [-0.05, 0) is 31.5 Å². The molecule has 0 aliphatic rings. The van der Waals surface area contributed by atoms with Gasteiger partial charge in [-0.15, -0.1) is 0 Å². The number of aromatic nitrogens is 3. The first-order chi connectivity index (χ1) is 9.60. The normalized spacial score (nSPS) is 10.3. The first kappa shape index (κ1) is 14.0. The highest BCUT2D eigenvalue weighted by Gasteiger charge is 2.11. The lowest BCUT2D eigenvalue weighted by atomic mass is 10.1. The van der Waals surface area contributed by atoms with Gasteiger partial charge in [0.15, 0.2) is 5.82 Å². The molecule has 20 heavy (non-hydrogen) atoms. The van der Waals surface area contributed by atoms with Gasteiger partial charge in [0.2, 0.25) is 0 Å². The number of carbonyl (C=O) groups is 1. The Morgan fingerprint density at radius 1 is 1.40 bits per heavy atom. The van der Waals surface area contributed by atoms with E-state index in [-0.39, 0.29) is 5.91 Å². The van der Waals surface area contributed by atoms with Gasteiger partial charge in [0.25, 0.3) is 5.91 Å². The van der Waals surface area contributed by atoms with Gasteiger partial charge in [0.1, 0.15) is 6.33 Å². The molecule has 1 aromatic heterocycles. The summed E-state index contributed by atoms with van der Waals surface area (Å²) in [7, 11) is 1.79. The van der Waals surface area contributed by atoms with E-state index in [1.165, 1.54) is 0 Å². The first-order valence-corrected chi connectivity index (χ1v) is 6.57. The van der Waals surface area contributed by atoms with Crippen LogP contribution in [-0.2, 0) is 13.6 Å². The quantitative estimate of drug-likeness (QED) is 0.865. The van der Waals surface area contributed by atoms with Crippen LogP contribution < -0.4 is 10.6 Å². The number of carbonyl (C=O) groups excluding carboxylic acids is 1. The van der Waals surface area contributed by atoms with Crippen LogP contribution in [0.2, 0.25) is 0 Å². The zero-order valence-corrected chi connectivity index (χ0v) is 12.0. The van der Waals surface area contributed by atoms with Crippen molar-refractivity contribution in [2.24, 2.45) is 7.05 Å². The fourth-order valence-electron chi connectivity index (χ4n) is 1.91. The molecule has 0 aliphatic heterocycles. The molecule has 0 spiro atoms. The van der Waals surface area contributed by atoms with Gasteiger partial charge in [-0.25, -0.2) is 4.98 Å². The van der Waals surface area contributed by atoms with Crippen molar-refractivity contribution in [1.29, 1.82) is 0 Å². The monoisotopic (exact) mass is 273 g/mol. The molecule has 2 rings (SSSR count). The second-order valence-electron chi connectivity index (χ2n) is 4.60. The number of hydrogen-bond acceptors (Lipinski definition) is 4. The molecule has 2 aromatic rings. The number of hydrogen-bond donors (Lipinski definition) is 2. The predicted octanol–water partition coefficient (Wildman–Crippen LogP) is 1.49. The third-order valence-electron chi connectivity index (χ3n) is 2.84. The lowest BCUT2D eigenvalue weighted by Gasteiger charge is -2.11. The minimum Gasteiger partial charge on any atom is -0.385 e. The number of aryl methyl sites for hydroxylation is 2. The molecular formula is C14H19N5O. The van der Waals surface area contributed by atoms with Crippen molar-refractivity contribution in [2.75, 3.05) is 11.9 Å². The van der Waals surface area contributed by atoms with E-state index in [0.717, 1.165) is 17.8 Å². The minimum absolute atomic E-state index is 0.131. The molecule has 0 atom stereocenters. The van der Waals surface area contributed by atoms with Gasteiger partial charge >= 0.3 is 0 Å². The average molecular weight is 273 g/mol. The zero-order chi connectivity index (χ0) is 14.5. The maximum absolute atomic E-state index is 12.2. The minimum atomic E-state index is -0.131. The maximum atomic E-state index is 12.2. The fraction of sp³-hybridized carbons (Fsp3) is 0.357. The topological polar surface area (TPSA) is 71.8 Å². The summed E-state index contributed by atoms with van der Waals surface area (Å²) in [4.78, 5) is 16.3. The first-order valence-electron chi connectivity index (χ1n) is 6.57. The molecule has 0 fully saturated rings. The van der Waals surface area contributed by atoms with Crippen LogP contribution in [0, 0.1) is 6.92 Å². The lowest BCUT2D eigenvalue weighted by Crippen LogP contribution is -2.24. The third kappa shape index (κ3) is 3.34. The van der Waals surface area contributed by atoms with Crippen molar-refractivity contribution in [1.82, 2.24) is 20.1 Å². The molecule has 1 heterocycles. The number of nitrogens with one attached hydrogen (secondary N) is 2. The molecule has 0 unspecified atom stereocenters. The van der Waals surface area contributed by atoms with Crippen LogP contribution in [0.25, 0.3) is 0 Å². The van der Waals surface area contributed by atoms with Gasteiger partial charge in [0.05, 0.1) is 12.1 Å². The molecule has 6 heteroatoms. The molecule has 2 N–H and O–H groups in total. The molecular weight excluding hydrogens is 254 g/mol. The van der Waals surface area contributed by atoms with E-state index in [9.17, 15) is 4.79 Å². The zero-order valence-electron chi connectivity index (χ0n) is 12.0. The standard InChI is InChI=1S/C14H19N5O/c1-4-15-12-7-10(2)5-6-11(12)14(20)16-8-13-17-9-19(3)18-13/h5-7,9,15H,4,8H2,1-3H3,(H,16,20). The average Bonchev–Trinajstić information content (AvgIpc) is 2.82. The fourth-order valence-corrected chi connectivity index (χ4v) is 1.91. The Morgan fingerprint density at radius 3 is 2.85 bits per heavy atom. The Kier molecular flexibility index (Phi) is 4.34. The van der Waals surface area contributed by atoms with Crippen molar-refractivity contribution in [3.8, 4) is 0 Å². The van der Waals surface area contributed by atoms with Gasteiger partial charge < -0.3 is 10.6 Å². The lowest BCUT2D eigenvalue weighted by molar-refractivity contribution is 0.0950. The SMILES string of the molecule is CCNc1cc(C)ccc1C(=O)NCc1ncn(C)n1. The van der Waals surface area contributed by atoms with E-state index < -0.39 is 0 Å². The van der Waals surface area contributed by atoms with Crippen LogP contribution in [0.1, 0.15) is 28.7 Å². The molecule has 0 bridgehead atoms. The van der Waals surface area contributed by atoms with Gasteiger partial charge in [-0.3, -0.25) is 9.48 Å². The molecule has 1 amide bonds. The largest absolute Gasteiger partial charge is 0.385 e. The summed E-state index contributed by atoms with van der Waals surface area (Å²) in [5, 5.41) is 10.2. The van der Waals surface area contributed by atoms with E-state index in [1.807, 2.05) is 32.0 Å². The summed E-state index contributed by atoms with van der Waals surface area (Å²) in [5.74, 6) is 0.464. The Hall–Kier alpha value is -2.37. The van der Waals surface area contributed by atoms with Gasteiger partial charge in [0, 0.05) is 19.3 Å². The van der Waals surface area contributed by atoms with Crippen LogP contribution in [0.5, 0.6) is 0 Å². The summed E-state index contributed by atoms with van der Waals surface area (Å²) in [6.07, 6.45) is 1.61. The third-order valence-corrected chi connectivity index (χ3v) is 2.84. The van der Waals surface area contributed by atoms with Gasteiger partial charge in [-0.1, -0.05) is 6.07 Å². The molecule has 6 nitrogen and oxygen atoms in total. The predicted molar refractivity (Wildman–Crippen MR) is 77.5 cm³/mol. The number of amides is 1. The highest BCUT2D eigenvalue weighted by atomic mass is 16.1. The second kappa shape index (κ2) is 6.18. The maximum Gasteiger partial charge on any atom is 0.253 e. The summed E-state index contributed by atoms with van der Waals surface area (Å²) >= 11 is 0. The molecule has 0 aliphatic carbocycles.